The van der Waals surface area contributed by atoms with Gasteiger partial charge in [-0.1, -0.05) is 25.4 Å². The number of hydrogen-bond donors (Lipinski definition) is 2. The van der Waals surface area contributed by atoms with Crippen LogP contribution in [0.3, 0.4) is 0 Å². The number of anilines is 2. The van der Waals surface area contributed by atoms with Gasteiger partial charge in [-0.25, -0.2) is 4.98 Å². The van der Waals surface area contributed by atoms with E-state index in [4.69, 9.17) is 28.2 Å². The van der Waals surface area contributed by atoms with Crippen molar-refractivity contribution in [1.29, 1.82) is 0 Å². The van der Waals surface area contributed by atoms with E-state index in [2.05, 4.69) is 39.3 Å². The number of piperidine rings is 1. The van der Waals surface area contributed by atoms with Crippen LogP contribution < -0.4 is 15.5 Å². The van der Waals surface area contributed by atoms with Gasteiger partial charge in [0.2, 0.25) is 5.95 Å². The number of nitrogens with one attached hydrogen (secondary N) is 2. The Morgan fingerprint density at radius 3 is 2.69 bits per heavy atom. The number of halogens is 1. The molecule has 6 nitrogen and oxygen atoms in total. The Kier molecular flexibility index (Phi) is 5.98. The molecule has 0 bridgehead atoms. The Hall–Kier alpha value is -1.86. The van der Waals surface area contributed by atoms with Crippen LogP contribution in [0.25, 0.3) is 0 Å². The monoisotopic (exact) mass is 393 g/mol. The lowest BCUT2D eigenvalue weighted by Gasteiger charge is -2.35. The molecule has 1 saturated heterocycles. The molecule has 26 heavy (non-hydrogen) atoms. The standard InChI is InChI=1S/C18H24ClN5OS/c1-11-6-12(2)10-24(9-11)16-7-15(19)21-17(22-16)23-18(26)20-8-14-5-4-13(3)25-14/h4-5,7,11-12H,6,8-10H2,1-3H3,(H2,20,21,22,23,26)/t11-,12-/m1/s1. The highest BCUT2D eigenvalue weighted by Gasteiger charge is 2.23. The summed E-state index contributed by atoms with van der Waals surface area (Å²) >= 11 is 11.5. The van der Waals surface area contributed by atoms with Crippen molar-refractivity contribution in [3.05, 3.63) is 34.9 Å². The third kappa shape index (κ3) is 5.08. The SMILES string of the molecule is Cc1ccc(CNC(=S)Nc2nc(Cl)cc(N3C[C@H](C)C[C@@H](C)C3)n2)o1. The summed E-state index contributed by atoms with van der Waals surface area (Å²) in [6.45, 7) is 8.87. The smallest absolute Gasteiger partial charge is 0.232 e. The molecule has 2 atom stereocenters. The number of thiocarbonyl (C=S) groups is 1. The lowest BCUT2D eigenvalue weighted by Crippen LogP contribution is -2.39. The quantitative estimate of drug-likeness (QED) is 0.601. The van der Waals surface area contributed by atoms with Gasteiger partial charge in [0.1, 0.15) is 22.5 Å². The number of aromatic nitrogens is 2. The average molecular weight is 394 g/mol. The van der Waals surface area contributed by atoms with Gasteiger partial charge in [0.25, 0.3) is 0 Å². The molecule has 0 aromatic carbocycles. The van der Waals surface area contributed by atoms with Crippen LogP contribution in [0.4, 0.5) is 11.8 Å². The highest BCUT2D eigenvalue weighted by Crippen LogP contribution is 2.27. The van der Waals surface area contributed by atoms with Gasteiger partial charge < -0.3 is 20.0 Å². The van der Waals surface area contributed by atoms with E-state index in [0.29, 0.717) is 34.6 Å². The first-order chi connectivity index (χ1) is 12.4. The number of furan rings is 1. The molecule has 1 aliphatic rings. The molecular formula is C18H24ClN5OS. The Bertz CT molecular complexity index is 771. The van der Waals surface area contributed by atoms with Gasteiger partial charge in [0.15, 0.2) is 5.11 Å². The predicted molar refractivity (Wildman–Crippen MR) is 109 cm³/mol. The molecular weight excluding hydrogens is 370 g/mol. The summed E-state index contributed by atoms with van der Waals surface area (Å²) < 4.78 is 5.51. The predicted octanol–water partition coefficient (Wildman–Crippen LogP) is 4.00. The normalized spacial score (nSPS) is 20.1. The number of aryl methyl sites for hydroxylation is 1. The Balaban J connectivity index is 1.64. The highest BCUT2D eigenvalue weighted by molar-refractivity contribution is 7.80. The molecule has 140 valence electrons. The van der Waals surface area contributed by atoms with Gasteiger partial charge >= 0.3 is 0 Å². The lowest BCUT2D eigenvalue weighted by atomic mass is 9.92. The molecule has 0 aliphatic carbocycles. The van der Waals surface area contributed by atoms with E-state index in [1.165, 1.54) is 6.42 Å². The minimum atomic E-state index is 0.395. The summed E-state index contributed by atoms with van der Waals surface area (Å²) in [5, 5.41) is 6.91. The number of hydrogen-bond acceptors (Lipinski definition) is 5. The Morgan fingerprint density at radius 2 is 2.04 bits per heavy atom. The lowest BCUT2D eigenvalue weighted by molar-refractivity contribution is 0.355. The van der Waals surface area contributed by atoms with Crippen molar-refractivity contribution in [2.45, 2.75) is 33.7 Å². The molecule has 3 heterocycles. The average Bonchev–Trinajstić information content (AvgIpc) is 2.97. The van der Waals surface area contributed by atoms with Gasteiger partial charge in [-0.2, -0.15) is 4.98 Å². The van der Waals surface area contributed by atoms with Crippen LogP contribution in [0.5, 0.6) is 0 Å². The second-order valence-electron chi connectivity index (χ2n) is 7.04. The number of rotatable bonds is 4. The van der Waals surface area contributed by atoms with Crippen LogP contribution in [-0.4, -0.2) is 28.2 Å². The van der Waals surface area contributed by atoms with Gasteiger partial charge in [-0.15, -0.1) is 0 Å². The third-order valence-electron chi connectivity index (χ3n) is 4.32. The molecule has 0 spiro atoms. The van der Waals surface area contributed by atoms with Crippen molar-refractivity contribution < 1.29 is 4.42 Å². The summed E-state index contributed by atoms with van der Waals surface area (Å²) in [5.74, 6) is 4.16. The van der Waals surface area contributed by atoms with Gasteiger partial charge in [-0.3, -0.25) is 0 Å². The molecule has 0 radical (unpaired) electrons. The maximum absolute atomic E-state index is 6.20. The van der Waals surface area contributed by atoms with E-state index in [1.54, 1.807) is 6.07 Å². The van der Waals surface area contributed by atoms with Gasteiger partial charge in [-0.05, 0) is 49.5 Å². The molecule has 0 amide bonds. The first-order valence-electron chi connectivity index (χ1n) is 8.78. The zero-order chi connectivity index (χ0) is 18.7. The molecule has 3 rings (SSSR count). The van der Waals surface area contributed by atoms with Crippen molar-refractivity contribution in [3.8, 4) is 0 Å². The maximum atomic E-state index is 6.20. The van der Waals surface area contributed by atoms with Gasteiger partial charge in [0.05, 0.1) is 6.54 Å². The second-order valence-corrected chi connectivity index (χ2v) is 7.84. The highest BCUT2D eigenvalue weighted by atomic mass is 35.5. The van der Waals surface area contributed by atoms with E-state index in [9.17, 15) is 0 Å². The first-order valence-corrected chi connectivity index (χ1v) is 9.57. The van der Waals surface area contributed by atoms with E-state index < -0.39 is 0 Å². The zero-order valence-corrected chi connectivity index (χ0v) is 16.8. The van der Waals surface area contributed by atoms with Crippen LogP contribution in [-0.2, 0) is 6.54 Å². The van der Waals surface area contributed by atoms with Crippen molar-refractivity contribution in [1.82, 2.24) is 15.3 Å². The van der Waals surface area contributed by atoms with Crippen LogP contribution >= 0.6 is 23.8 Å². The van der Waals surface area contributed by atoms with Crippen molar-refractivity contribution in [2.75, 3.05) is 23.3 Å². The van der Waals surface area contributed by atoms with E-state index in [-0.39, 0.29) is 0 Å². The third-order valence-corrected chi connectivity index (χ3v) is 4.76. The fourth-order valence-electron chi connectivity index (χ4n) is 3.37. The number of nitrogens with zero attached hydrogens (tertiary/aromatic N) is 3. The molecule has 0 saturated carbocycles. The first kappa shape index (κ1) is 18.9. The molecule has 2 aromatic heterocycles. The summed E-state index contributed by atoms with van der Waals surface area (Å²) in [4.78, 5) is 11.1. The Morgan fingerprint density at radius 1 is 1.31 bits per heavy atom. The summed E-state index contributed by atoms with van der Waals surface area (Å²) in [5.41, 5.74) is 0. The molecule has 0 unspecified atom stereocenters. The van der Waals surface area contributed by atoms with Crippen molar-refractivity contribution >= 4 is 40.7 Å². The second kappa shape index (κ2) is 8.22. The molecule has 2 aromatic rings. The topological polar surface area (TPSA) is 66.2 Å². The summed E-state index contributed by atoms with van der Waals surface area (Å²) in [7, 11) is 0. The van der Waals surface area contributed by atoms with Crippen LogP contribution in [0.2, 0.25) is 5.15 Å². The molecule has 1 aliphatic heterocycles. The minimum Gasteiger partial charge on any atom is -0.465 e. The van der Waals surface area contributed by atoms with Crippen molar-refractivity contribution in [3.63, 3.8) is 0 Å². The maximum Gasteiger partial charge on any atom is 0.232 e. The van der Waals surface area contributed by atoms with Crippen LogP contribution in [0.1, 0.15) is 31.8 Å². The molecule has 1 fully saturated rings. The zero-order valence-electron chi connectivity index (χ0n) is 15.3. The summed E-state index contributed by atoms with van der Waals surface area (Å²) in [6, 6.07) is 5.64. The minimum absolute atomic E-state index is 0.395. The Labute approximate surface area is 164 Å². The summed E-state index contributed by atoms with van der Waals surface area (Å²) in [6.07, 6.45) is 1.24. The molecule has 2 N–H and O–H groups in total. The largest absolute Gasteiger partial charge is 0.465 e. The van der Waals surface area contributed by atoms with E-state index in [0.717, 1.165) is 30.4 Å². The fourth-order valence-corrected chi connectivity index (χ4v) is 3.71. The van der Waals surface area contributed by atoms with Gasteiger partial charge in [0, 0.05) is 19.2 Å². The van der Waals surface area contributed by atoms with E-state index >= 15 is 0 Å². The molecule has 8 heteroatoms. The van der Waals surface area contributed by atoms with E-state index in [1.807, 2.05) is 19.1 Å². The van der Waals surface area contributed by atoms with Crippen molar-refractivity contribution in [2.24, 2.45) is 11.8 Å². The van der Waals surface area contributed by atoms with Crippen LogP contribution in [0.15, 0.2) is 22.6 Å². The fraction of sp³-hybridized carbons (Fsp3) is 0.500. The van der Waals surface area contributed by atoms with Crippen LogP contribution in [0, 0.1) is 18.8 Å².